The van der Waals surface area contributed by atoms with Gasteiger partial charge in [-0.2, -0.15) is 4.98 Å². The van der Waals surface area contributed by atoms with Crippen LogP contribution in [0.3, 0.4) is 0 Å². The molecule has 3 amide bonds. The molecule has 0 fully saturated rings. The van der Waals surface area contributed by atoms with E-state index in [4.69, 9.17) is 4.74 Å². The molecule has 0 saturated heterocycles. The highest BCUT2D eigenvalue weighted by molar-refractivity contribution is 5.88. The summed E-state index contributed by atoms with van der Waals surface area (Å²) in [6.07, 6.45) is -0.621. The van der Waals surface area contributed by atoms with Crippen LogP contribution < -0.4 is 20.7 Å². The molecule has 0 atom stereocenters. The van der Waals surface area contributed by atoms with Gasteiger partial charge in [-0.25, -0.2) is 9.59 Å². The van der Waals surface area contributed by atoms with Crippen molar-refractivity contribution in [2.24, 2.45) is 0 Å². The zero-order chi connectivity index (χ0) is 12.0. The number of urea groups is 1. The SMILES string of the molecule is CNC(=O)Nc1cccc(OC(=O)NC)n1. The molecule has 0 aliphatic rings. The summed E-state index contributed by atoms with van der Waals surface area (Å²) in [5.41, 5.74) is 0. The van der Waals surface area contributed by atoms with E-state index in [1.54, 1.807) is 12.1 Å². The summed E-state index contributed by atoms with van der Waals surface area (Å²) in [7, 11) is 2.93. The van der Waals surface area contributed by atoms with Gasteiger partial charge >= 0.3 is 12.1 Å². The fourth-order valence-electron chi connectivity index (χ4n) is 0.866. The summed E-state index contributed by atoms with van der Waals surface area (Å²) in [5, 5.41) is 7.11. The smallest absolute Gasteiger partial charge is 0.391 e. The zero-order valence-corrected chi connectivity index (χ0v) is 8.90. The normalized spacial score (nSPS) is 9.12. The van der Waals surface area contributed by atoms with E-state index in [1.807, 2.05) is 0 Å². The van der Waals surface area contributed by atoms with Gasteiger partial charge < -0.3 is 15.4 Å². The van der Waals surface area contributed by atoms with Gasteiger partial charge in [0.05, 0.1) is 0 Å². The summed E-state index contributed by atoms with van der Waals surface area (Å²) in [5.74, 6) is 0.397. The lowest BCUT2D eigenvalue weighted by molar-refractivity contribution is 0.201. The van der Waals surface area contributed by atoms with Crippen molar-refractivity contribution in [1.29, 1.82) is 0 Å². The predicted molar refractivity (Wildman–Crippen MR) is 57.4 cm³/mol. The molecule has 1 heterocycles. The van der Waals surface area contributed by atoms with Crippen LogP contribution in [-0.4, -0.2) is 31.2 Å². The topological polar surface area (TPSA) is 92.4 Å². The van der Waals surface area contributed by atoms with E-state index >= 15 is 0 Å². The number of hydrogen-bond donors (Lipinski definition) is 3. The van der Waals surface area contributed by atoms with E-state index in [1.165, 1.54) is 20.2 Å². The van der Waals surface area contributed by atoms with Crippen molar-refractivity contribution in [2.75, 3.05) is 19.4 Å². The quantitative estimate of drug-likeness (QED) is 0.684. The predicted octanol–water partition coefficient (Wildman–Crippen LogP) is 0.551. The summed E-state index contributed by atoms with van der Waals surface area (Å²) in [4.78, 5) is 25.8. The first-order chi connectivity index (χ1) is 7.65. The van der Waals surface area contributed by atoms with Gasteiger partial charge in [0.1, 0.15) is 5.82 Å². The number of amides is 3. The maximum Gasteiger partial charge on any atom is 0.413 e. The molecule has 1 aromatic rings. The average Bonchev–Trinajstić information content (AvgIpc) is 2.29. The van der Waals surface area contributed by atoms with Gasteiger partial charge in [0.25, 0.3) is 0 Å². The van der Waals surface area contributed by atoms with E-state index < -0.39 is 12.1 Å². The van der Waals surface area contributed by atoms with Crippen molar-refractivity contribution in [3.8, 4) is 5.88 Å². The third-order valence-electron chi connectivity index (χ3n) is 1.59. The number of nitrogens with zero attached hydrogens (tertiary/aromatic N) is 1. The molecule has 7 heteroatoms. The highest BCUT2D eigenvalue weighted by atomic mass is 16.6. The van der Waals surface area contributed by atoms with Crippen LogP contribution in [0.15, 0.2) is 18.2 Å². The molecule has 0 bridgehead atoms. The molecule has 7 nitrogen and oxygen atoms in total. The second-order valence-corrected chi connectivity index (χ2v) is 2.70. The van der Waals surface area contributed by atoms with Crippen molar-refractivity contribution in [1.82, 2.24) is 15.6 Å². The first-order valence-electron chi connectivity index (χ1n) is 4.51. The molecule has 16 heavy (non-hydrogen) atoms. The Balaban J connectivity index is 2.71. The minimum Gasteiger partial charge on any atom is -0.391 e. The number of nitrogens with one attached hydrogen (secondary N) is 3. The Morgan fingerprint density at radius 2 is 2.00 bits per heavy atom. The second-order valence-electron chi connectivity index (χ2n) is 2.70. The number of aromatic nitrogens is 1. The first kappa shape index (κ1) is 11.8. The molecule has 0 spiro atoms. The summed E-state index contributed by atoms with van der Waals surface area (Å²) in [6, 6.07) is 4.29. The molecule has 0 aliphatic heterocycles. The lowest BCUT2D eigenvalue weighted by atomic mass is 10.4. The van der Waals surface area contributed by atoms with Gasteiger partial charge in [0.2, 0.25) is 5.88 Å². The maximum atomic E-state index is 11.0. The number of anilines is 1. The fraction of sp³-hybridized carbons (Fsp3) is 0.222. The molecule has 0 unspecified atom stereocenters. The Kier molecular flexibility index (Phi) is 4.07. The van der Waals surface area contributed by atoms with Crippen molar-refractivity contribution in [3.05, 3.63) is 18.2 Å². The van der Waals surface area contributed by atoms with Crippen molar-refractivity contribution in [3.63, 3.8) is 0 Å². The monoisotopic (exact) mass is 224 g/mol. The third-order valence-corrected chi connectivity index (χ3v) is 1.59. The number of carbonyl (C=O) groups is 2. The number of pyridine rings is 1. The standard InChI is InChI=1S/C9H12N4O3/c1-10-8(14)13-6-4-3-5-7(12-6)16-9(15)11-2/h3-5H,1-2H3,(H,11,15)(H2,10,12,13,14). The van der Waals surface area contributed by atoms with Gasteiger partial charge in [0.15, 0.2) is 0 Å². The third kappa shape index (κ3) is 3.45. The average molecular weight is 224 g/mol. The fourth-order valence-corrected chi connectivity index (χ4v) is 0.866. The number of carbonyl (C=O) groups excluding carboxylic acids is 2. The molecule has 1 rings (SSSR count). The van der Waals surface area contributed by atoms with Crippen LogP contribution in [0.25, 0.3) is 0 Å². The number of hydrogen-bond acceptors (Lipinski definition) is 4. The van der Waals surface area contributed by atoms with Crippen LogP contribution in [0.4, 0.5) is 15.4 Å². The second kappa shape index (κ2) is 5.54. The first-order valence-corrected chi connectivity index (χ1v) is 4.51. The van der Waals surface area contributed by atoms with Crippen LogP contribution in [0, 0.1) is 0 Å². The van der Waals surface area contributed by atoms with Crippen LogP contribution in [0.2, 0.25) is 0 Å². The largest absolute Gasteiger partial charge is 0.413 e. The van der Waals surface area contributed by atoms with Crippen LogP contribution in [0.1, 0.15) is 0 Å². The summed E-state index contributed by atoms with van der Waals surface area (Å²) in [6.45, 7) is 0. The molecule has 3 N–H and O–H groups in total. The molecular formula is C9H12N4O3. The van der Waals surface area contributed by atoms with Gasteiger partial charge in [-0.1, -0.05) is 6.07 Å². The van der Waals surface area contributed by atoms with E-state index in [9.17, 15) is 9.59 Å². The highest BCUT2D eigenvalue weighted by Crippen LogP contribution is 2.11. The maximum absolute atomic E-state index is 11.0. The van der Waals surface area contributed by atoms with Gasteiger partial charge in [-0.05, 0) is 6.07 Å². The molecule has 0 saturated carbocycles. The van der Waals surface area contributed by atoms with Gasteiger partial charge in [0, 0.05) is 20.2 Å². The van der Waals surface area contributed by atoms with Crippen LogP contribution in [-0.2, 0) is 0 Å². The van der Waals surface area contributed by atoms with Crippen LogP contribution >= 0.6 is 0 Å². The molecule has 0 aliphatic carbocycles. The molecule has 0 aromatic carbocycles. The Hall–Kier alpha value is -2.31. The Bertz CT molecular complexity index is 361. The van der Waals surface area contributed by atoms with Crippen molar-refractivity contribution >= 4 is 17.9 Å². The zero-order valence-electron chi connectivity index (χ0n) is 8.90. The minimum atomic E-state index is -0.621. The van der Waals surface area contributed by atoms with E-state index in [2.05, 4.69) is 20.9 Å². The molecule has 1 aromatic heterocycles. The Labute approximate surface area is 92.2 Å². The Morgan fingerprint density at radius 1 is 1.25 bits per heavy atom. The molecule has 86 valence electrons. The lowest BCUT2D eigenvalue weighted by Crippen LogP contribution is -2.25. The van der Waals surface area contributed by atoms with Crippen molar-refractivity contribution in [2.45, 2.75) is 0 Å². The highest BCUT2D eigenvalue weighted by Gasteiger charge is 2.05. The summed E-state index contributed by atoms with van der Waals surface area (Å²) < 4.78 is 4.79. The lowest BCUT2D eigenvalue weighted by Gasteiger charge is -2.05. The van der Waals surface area contributed by atoms with Crippen LogP contribution in [0.5, 0.6) is 5.88 Å². The van der Waals surface area contributed by atoms with Gasteiger partial charge in [-0.15, -0.1) is 0 Å². The van der Waals surface area contributed by atoms with Gasteiger partial charge in [-0.3, -0.25) is 5.32 Å². The minimum absolute atomic E-state index is 0.105. The number of rotatable bonds is 2. The molecular weight excluding hydrogens is 212 g/mol. The molecule has 0 radical (unpaired) electrons. The van der Waals surface area contributed by atoms with E-state index in [0.29, 0.717) is 5.82 Å². The number of ether oxygens (including phenoxy) is 1. The van der Waals surface area contributed by atoms with E-state index in [0.717, 1.165) is 0 Å². The summed E-state index contributed by atoms with van der Waals surface area (Å²) >= 11 is 0. The Morgan fingerprint density at radius 3 is 2.62 bits per heavy atom. The van der Waals surface area contributed by atoms with E-state index in [-0.39, 0.29) is 5.88 Å². The van der Waals surface area contributed by atoms with Crippen molar-refractivity contribution < 1.29 is 14.3 Å².